The van der Waals surface area contributed by atoms with Crippen molar-refractivity contribution < 1.29 is 0 Å². The first-order valence-corrected chi connectivity index (χ1v) is 7.44. The molecule has 3 aromatic heterocycles. The normalized spacial score (nSPS) is 10.8. The van der Waals surface area contributed by atoms with Crippen LogP contribution in [0.1, 0.15) is 6.92 Å². The highest BCUT2D eigenvalue weighted by molar-refractivity contribution is 5.80. The lowest BCUT2D eigenvalue weighted by atomic mass is 10.1. The Kier molecular flexibility index (Phi) is 3.96. The number of pyridine rings is 1. The molecule has 0 unspecified atom stereocenters. The van der Waals surface area contributed by atoms with Crippen LogP contribution in [-0.2, 0) is 14.1 Å². The zero-order valence-corrected chi connectivity index (χ0v) is 13.7. The lowest BCUT2D eigenvalue weighted by molar-refractivity contribution is 0.776. The van der Waals surface area contributed by atoms with E-state index in [1.165, 1.54) is 0 Å². The van der Waals surface area contributed by atoms with Gasteiger partial charge >= 0.3 is 0 Å². The second-order valence-corrected chi connectivity index (χ2v) is 5.20. The Balaban J connectivity index is 2.17. The summed E-state index contributed by atoms with van der Waals surface area (Å²) in [6.45, 7) is 2.85. The molecule has 0 atom stereocenters. The Morgan fingerprint density at radius 3 is 2.61 bits per heavy atom. The molecule has 8 heteroatoms. The molecular formula is C15H20N8. The van der Waals surface area contributed by atoms with Gasteiger partial charge in [-0.1, -0.05) is 0 Å². The highest BCUT2D eigenvalue weighted by Gasteiger charge is 2.18. The molecule has 0 radical (unpaired) electrons. The van der Waals surface area contributed by atoms with Gasteiger partial charge in [0.1, 0.15) is 18.0 Å². The van der Waals surface area contributed by atoms with Crippen LogP contribution in [0.2, 0.25) is 0 Å². The van der Waals surface area contributed by atoms with E-state index in [9.17, 15) is 0 Å². The van der Waals surface area contributed by atoms with Gasteiger partial charge in [0.15, 0.2) is 5.82 Å². The molecule has 23 heavy (non-hydrogen) atoms. The quantitative estimate of drug-likeness (QED) is 0.746. The zero-order chi connectivity index (χ0) is 16.4. The maximum Gasteiger partial charge on any atom is 0.167 e. The molecule has 0 fully saturated rings. The van der Waals surface area contributed by atoms with Crippen LogP contribution < -0.4 is 10.6 Å². The van der Waals surface area contributed by atoms with Gasteiger partial charge in [0.2, 0.25) is 0 Å². The summed E-state index contributed by atoms with van der Waals surface area (Å²) in [5.74, 6) is 2.39. The monoisotopic (exact) mass is 312 g/mol. The minimum atomic E-state index is 0.779. The third kappa shape index (κ3) is 2.75. The number of hydrogen-bond acceptors (Lipinski definition) is 6. The second kappa shape index (κ2) is 6.07. The van der Waals surface area contributed by atoms with E-state index in [0.717, 1.165) is 40.8 Å². The van der Waals surface area contributed by atoms with Crippen molar-refractivity contribution >= 4 is 11.6 Å². The highest BCUT2D eigenvalue weighted by Crippen LogP contribution is 2.32. The van der Waals surface area contributed by atoms with E-state index in [1.54, 1.807) is 6.33 Å². The van der Waals surface area contributed by atoms with Crippen molar-refractivity contribution in [1.82, 2.24) is 29.5 Å². The van der Waals surface area contributed by atoms with Gasteiger partial charge in [-0.3, -0.25) is 4.68 Å². The van der Waals surface area contributed by atoms with Crippen LogP contribution in [0.4, 0.5) is 11.6 Å². The van der Waals surface area contributed by atoms with Gasteiger partial charge in [-0.05, 0) is 19.1 Å². The van der Waals surface area contributed by atoms with Gasteiger partial charge in [0.25, 0.3) is 0 Å². The van der Waals surface area contributed by atoms with E-state index in [2.05, 4.69) is 30.9 Å². The minimum Gasteiger partial charge on any atom is -0.373 e. The largest absolute Gasteiger partial charge is 0.373 e. The molecule has 0 aliphatic carbocycles. The fourth-order valence-electron chi connectivity index (χ4n) is 2.54. The van der Waals surface area contributed by atoms with Crippen LogP contribution in [0.25, 0.3) is 22.6 Å². The first-order valence-electron chi connectivity index (χ1n) is 7.44. The molecule has 8 nitrogen and oxygen atoms in total. The summed E-state index contributed by atoms with van der Waals surface area (Å²) in [7, 11) is 5.69. The van der Waals surface area contributed by atoms with E-state index in [0.29, 0.717) is 0 Å². The van der Waals surface area contributed by atoms with Crippen LogP contribution in [0, 0.1) is 0 Å². The number of anilines is 2. The first kappa shape index (κ1) is 15.0. The molecule has 3 aromatic rings. The van der Waals surface area contributed by atoms with E-state index in [1.807, 2.05) is 55.6 Å². The molecule has 2 N–H and O–H groups in total. The van der Waals surface area contributed by atoms with Crippen molar-refractivity contribution in [2.75, 3.05) is 24.2 Å². The lowest BCUT2D eigenvalue weighted by Gasteiger charge is -2.11. The molecule has 0 saturated carbocycles. The van der Waals surface area contributed by atoms with Crippen LogP contribution in [0.3, 0.4) is 0 Å². The average Bonchev–Trinajstić information content (AvgIpc) is 3.12. The van der Waals surface area contributed by atoms with Crippen LogP contribution in [0.5, 0.6) is 0 Å². The zero-order valence-electron chi connectivity index (χ0n) is 13.7. The molecule has 0 aromatic carbocycles. The number of hydrogen-bond donors (Lipinski definition) is 2. The van der Waals surface area contributed by atoms with Crippen molar-refractivity contribution in [1.29, 1.82) is 0 Å². The van der Waals surface area contributed by atoms with E-state index in [4.69, 9.17) is 0 Å². The Hall–Kier alpha value is -2.90. The third-order valence-corrected chi connectivity index (χ3v) is 3.60. The van der Waals surface area contributed by atoms with Crippen molar-refractivity contribution in [2.45, 2.75) is 6.92 Å². The van der Waals surface area contributed by atoms with Crippen LogP contribution >= 0.6 is 0 Å². The Morgan fingerprint density at radius 2 is 1.96 bits per heavy atom. The predicted octanol–water partition coefficient (Wildman–Crippen LogP) is 1.75. The Morgan fingerprint density at radius 1 is 1.17 bits per heavy atom. The Bertz CT molecular complexity index is 817. The summed E-state index contributed by atoms with van der Waals surface area (Å²) in [4.78, 5) is 4.51. The lowest BCUT2D eigenvalue weighted by Crippen LogP contribution is -2.04. The second-order valence-electron chi connectivity index (χ2n) is 5.20. The Labute approximate surface area is 134 Å². The number of rotatable bonds is 5. The van der Waals surface area contributed by atoms with E-state index >= 15 is 0 Å². The molecule has 0 aliphatic rings. The number of nitrogens with zero attached hydrogens (tertiary/aromatic N) is 6. The predicted molar refractivity (Wildman–Crippen MR) is 90.1 cm³/mol. The molecule has 3 heterocycles. The molecule has 0 aliphatic heterocycles. The standard InChI is InChI=1S/C15H20N8/c1-5-17-13-7-10(6-12(16-2)20-13)14-11(8-19-23(14)4)15-21-18-9-22(15)3/h6-9H,5H2,1-4H3,(H2,16,17,20). The smallest absolute Gasteiger partial charge is 0.167 e. The van der Waals surface area contributed by atoms with E-state index < -0.39 is 0 Å². The summed E-state index contributed by atoms with van der Waals surface area (Å²) in [5.41, 5.74) is 2.92. The van der Waals surface area contributed by atoms with Crippen molar-refractivity contribution in [3.8, 4) is 22.6 Å². The summed E-state index contributed by atoms with van der Waals surface area (Å²) in [6, 6.07) is 4.01. The van der Waals surface area contributed by atoms with E-state index in [-0.39, 0.29) is 0 Å². The van der Waals surface area contributed by atoms with Gasteiger partial charge in [-0.25, -0.2) is 4.98 Å². The molecule has 120 valence electrons. The number of aromatic nitrogens is 6. The molecule has 3 rings (SSSR count). The van der Waals surface area contributed by atoms with Crippen molar-refractivity contribution in [3.63, 3.8) is 0 Å². The van der Waals surface area contributed by atoms with Gasteiger partial charge in [0, 0.05) is 33.3 Å². The summed E-state index contributed by atoms with van der Waals surface area (Å²) >= 11 is 0. The van der Waals surface area contributed by atoms with Gasteiger partial charge < -0.3 is 15.2 Å². The molecule has 0 bridgehead atoms. The molecule has 0 amide bonds. The summed E-state index contributed by atoms with van der Waals surface area (Å²) in [6.07, 6.45) is 3.49. The summed E-state index contributed by atoms with van der Waals surface area (Å²) in [5, 5.41) is 18.9. The molecular weight excluding hydrogens is 292 g/mol. The maximum atomic E-state index is 4.51. The number of aryl methyl sites for hydroxylation is 2. The van der Waals surface area contributed by atoms with Gasteiger partial charge in [-0.2, -0.15) is 5.10 Å². The number of nitrogens with one attached hydrogen (secondary N) is 2. The highest BCUT2D eigenvalue weighted by atomic mass is 15.3. The SMILES string of the molecule is CCNc1cc(-c2c(-c3nncn3C)cnn2C)cc(NC)n1. The third-order valence-electron chi connectivity index (χ3n) is 3.60. The van der Waals surface area contributed by atoms with Gasteiger partial charge in [-0.15, -0.1) is 10.2 Å². The first-order chi connectivity index (χ1) is 11.1. The summed E-state index contributed by atoms with van der Waals surface area (Å²) < 4.78 is 3.72. The van der Waals surface area contributed by atoms with Gasteiger partial charge in [0.05, 0.1) is 17.5 Å². The maximum absolute atomic E-state index is 4.51. The van der Waals surface area contributed by atoms with Crippen LogP contribution in [-0.4, -0.2) is 43.1 Å². The fourth-order valence-corrected chi connectivity index (χ4v) is 2.54. The van der Waals surface area contributed by atoms with Crippen LogP contribution in [0.15, 0.2) is 24.7 Å². The topological polar surface area (TPSA) is 85.5 Å². The fraction of sp³-hybridized carbons (Fsp3) is 0.333. The minimum absolute atomic E-state index is 0.779. The molecule has 0 spiro atoms. The van der Waals surface area contributed by atoms with Crippen molar-refractivity contribution in [3.05, 3.63) is 24.7 Å². The average molecular weight is 312 g/mol. The van der Waals surface area contributed by atoms with Crippen molar-refractivity contribution in [2.24, 2.45) is 14.1 Å². The molecule has 0 saturated heterocycles.